The lowest BCUT2D eigenvalue weighted by atomic mass is 10.1. The number of ether oxygens (including phenoxy) is 1. The van der Waals surface area contributed by atoms with Crippen LogP contribution in [0, 0.1) is 6.92 Å². The number of amides is 1. The van der Waals surface area contributed by atoms with Gasteiger partial charge in [0.25, 0.3) is 5.91 Å². The highest BCUT2D eigenvalue weighted by atomic mass is 32.2. The third kappa shape index (κ3) is 4.06. The van der Waals surface area contributed by atoms with E-state index in [2.05, 4.69) is 0 Å². The van der Waals surface area contributed by atoms with Gasteiger partial charge in [-0.3, -0.25) is 9.69 Å². The Kier molecular flexibility index (Phi) is 6.06. The molecule has 0 radical (unpaired) electrons. The molecule has 0 fully saturated rings. The first-order valence-corrected chi connectivity index (χ1v) is 11.6. The molecule has 1 heterocycles. The third-order valence-electron chi connectivity index (χ3n) is 4.91. The Hall–Kier alpha value is -2.83. The standard InChI is InChI=1S/C24H22N2O2S2/c1-16-9-14-20(28-2)21-22(16)30-24(25-21)26(15-17-7-5-4-6-8-17)23(27)18-10-12-19(29-3)13-11-18/h4-14H,15H2,1-3H3. The summed E-state index contributed by atoms with van der Waals surface area (Å²) in [7, 11) is 1.64. The Balaban J connectivity index is 1.79. The third-order valence-corrected chi connectivity index (χ3v) is 6.87. The number of aromatic nitrogens is 1. The lowest BCUT2D eigenvalue weighted by Gasteiger charge is -2.20. The molecular weight excluding hydrogens is 412 g/mol. The molecule has 152 valence electrons. The lowest BCUT2D eigenvalue weighted by Crippen LogP contribution is -2.30. The summed E-state index contributed by atoms with van der Waals surface area (Å²) in [6.45, 7) is 2.50. The zero-order valence-electron chi connectivity index (χ0n) is 17.1. The van der Waals surface area contributed by atoms with Crippen LogP contribution < -0.4 is 9.64 Å². The van der Waals surface area contributed by atoms with Crippen LogP contribution in [-0.2, 0) is 6.54 Å². The normalized spacial score (nSPS) is 10.9. The Labute approximate surface area is 184 Å². The van der Waals surface area contributed by atoms with Crippen molar-refractivity contribution in [2.75, 3.05) is 18.3 Å². The fourth-order valence-electron chi connectivity index (χ4n) is 3.26. The number of hydrogen-bond acceptors (Lipinski definition) is 5. The van der Waals surface area contributed by atoms with Crippen LogP contribution in [0.5, 0.6) is 5.75 Å². The molecule has 3 aromatic carbocycles. The fourth-order valence-corrected chi connectivity index (χ4v) is 4.72. The van der Waals surface area contributed by atoms with E-state index in [-0.39, 0.29) is 5.91 Å². The SMILES string of the molecule is COc1ccc(C)c2sc(N(Cc3ccccc3)C(=O)c3ccc(SC)cc3)nc12. The van der Waals surface area contributed by atoms with Crippen LogP contribution in [0.1, 0.15) is 21.5 Å². The van der Waals surface area contributed by atoms with Crippen molar-refractivity contribution in [3.63, 3.8) is 0 Å². The number of fused-ring (bicyclic) bond motifs is 1. The maximum atomic E-state index is 13.5. The lowest BCUT2D eigenvalue weighted by molar-refractivity contribution is 0.0985. The first kappa shape index (κ1) is 20.4. The summed E-state index contributed by atoms with van der Waals surface area (Å²) in [5, 5.41) is 0.667. The van der Waals surface area contributed by atoms with Gasteiger partial charge in [-0.2, -0.15) is 0 Å². The summed E-state index contributed by atoms with van der Waals surface area (Å²) in [6, 6.07) is 21.6. The molecular formula is C24H22N2O2S2. The van der Waals surface area contributed by atoms with Crippen molar-refractivity contribution < 1.29 is 9.53 Å². The van der Waals surface area contributed by atoms with Gasteiger partial charge in [0.2, 0.25) is 0 Å². The van der Waals surface area contributed by atoms with E-state index >= 15 is 0 Å². The average Bonchev–Trinajstić information content (AvgIpc) is 3.24. The first-order chi connectivity index (χ1) is 14.6. The second kappa shape index (κ2) is 8.90. The molecule has 0 N–H and O–H groups in total. The van der Waals surface area contributed by atoms with Crippen molar-refractivity contribution in [1.29, 1.82) is 0 Å². The van der Waals surface area contributed by atoms with Crippen molar-refractivity contribution in [3.8, 4) is 5.75 Å². The molecule has 0 aliphatic heterocycles. The maximum absolute atomic E-state index is 13.5. The van der Waals surface area contributed by atoms with Crippen LogP contribution in [0.2, 0.25) is 0 Å². The molecule has 0 bridgehead atoms. The molecule has 6 heteroatoms. The molecule has 0 saturated carbocycles. The Morgan fingerprint density at radius 1 is 1.07 bits per heavy atom. The number of anilines is 1. The molecule has 0 unspecified atom stereocenters. The Morgan fingerprint density at radius 2 is 1.80 bits per heavy atom. The highest BCUT2D eigenvalue weighted by molar-refractivity contribution is 7.98. The number of aryl methyl sites for hydroxylation is 1. The summed E-state index contributed by atoms with van der Waals surface area (Å²) in [5.74, 6) is 0.650. The number of benzene rings is 3. The second-order valence-corrected chi connectivity index (χ2v) is 8.72. The van der Waals surface area contributed by atoms with Gasteiger partial charge in [0.15, 0.2) is 5.13 Å². The number of rotatable bonds is 6. The summed E-state index contributed by atoms with van der Waals surface area (Å²) < 4.78 is 6.54. The van der Waals surface area contributed by atoms with Crippen molar-refractivity contribution in [2.45, 2.75) is 18.4 Å². The fraction of sp³-hybridized carbons (Fsp3) is 0.167. The highest BCUT2D eigenvalue weighted by Crippen LogP contribution is 2.37. The minimum Gasteiger partial charge on any atom is -0.494 e. The molecule has 30 heavy (non-hydrogen) atoms. The summed E-state index contributed by atoms with van der Waals surface area (Å²) >= 11 is 3.18. The van der Waals surface area contributed by atoms with E-state index in [0.29, 0.717) is 17.2 Å². The topological polar surface area (TPSA) is 42.4 Å². The number of nitrogens with zero attached hydrogens (tertiary/aromatic N) is 2. The molecule has 0 saturated heterocycles. The number of carbonyl (C=O) groups excluding carboxylic acids is 1. The van der Waals surface area contributed by atoms with E-state index < -0.39 is 0 Å². The van der Waals surface area contributed by atoms with Crippen LogP contribution in [0.15, 0.2) is 71.6 Å². The molecule has 0 atom stereocenters. The molecule has 0 aliphatic rings. The van der Waals surface area contributed by atoms with Gasteiger partial charge in [-0.15, -0.1) is 11.8 Å². The van der Waals surface area contributed by atoms with Crippen LogP contribution in [-0.4, -0.2) is 24.3 Å². The van der Waals surface area contributed by atoms with E-state index in [4.69, 9.17) is 9.72 Å². The highest BCUT2D eigenvalue weighted by Gasteiger charge is 2.23. The zero-order chi connectivity index (χ0) is 21.1. The quantitative estimate of drug-likeness (QED) is 0.340. The van der Waals surface area contributed by atoms with Gasteiger partial charge in [-0.05, 0) is 54.6 Å². The second-order valence-electron chi connectivity index (χ2n) is 6.86. The first-order valence-electron chi connectivity index (χ1n) is 9.54. The largest absolute Gasteiger partial charge is 0.494 e. The summed E-state index contributed by atoms with van der Waals surface area (Å²) in [4.78, 5) is 21.2. The van der Waals surface area contributed by atoms with Gasteiger partial charge >= 0.3 is 0 Å². The van der Waals surface area contributed by atoms with Crippen molar-refractivity contribution in [2.24, 2.45) is 0 Å². The molecule has 4 nitrogen and oxygen atoms in total. The molecule has 0 spiro atoms. The van der Waals surface area contributed by atoms with E-state index in [9.17, 15) is 4.79 Å². The van der Waals surface area contributed by atoms with E-state index in [1.165, 1.54) is 11.3 Å². The van der Waals surface area contributed by atoms with Crippen LogP contribution in [0.25, 0.3) is 10.2 Å². The Morgan fingerprint density at radius 3 is 2.47 bits per heavy atom. The van der Waals surface area contributed by atoms with Crippen molar-refractivity contribution >= 4 is 44.4 Å². The van der Waals surface area contributed by atoms with Gasteiger partial charge in [-0.25, -0.2) is 4.98 Å². The van der Waals surface area contributed by atoms with Gasteiger partial charge in [0, 0.05) is 10.5 Å². The van der Waals surface area contributed by atoms with Gasteiger partial charge in [0.05, 0.1) is 18.4 Å². The zero-order valence-corrected chi connectivity index (χ0v) is 18.7. The van der Waals surface area contributed by atoms with Crippen LogP contribution >= 0.6 is 23.1 Å². The molecule has 4 rings (SSSR count). The predicted octanol–water partition coefficient (Wildman–Crippen LogP) is 6.18. The van der Waals surface area contributed by atoms with Crippen LogP contribution in [0.4, 0.5) is 5.13 Å². The smallest absolute Gasteiger partial charge is 0.260 e. The minimum atomic E-state index is -0.0674. The molecule has 1 amide bonds. The molecule has 4 aromatic rings. The number of carbonyl (C=O) groups is 1. The van der Waals surface area contributed by atoms with Crippen molar-refractivity contribution in [3.05, 3.63) is 83.4 Å². The maximum Gasteiger partial charge on any atom is 0.260 e. The van der Waals surface area contributed by atoms with E-state index in [1.807, 2.05) is 79.9 Å². The molecule has 1 aromatic heterocycles. The molecule has 0 aliphatic carbocycles. The monoisotopic (exact) mass is 434 g/mol. The Bertz CT molecular complexity index is 1170. The number of methoxy groups -OCH3 is 1. The van der Waals surface area contributed by atoms with Crippen molar-refractivity contribution in [1.82, 2.24) is 4.98 Å². The van der Waals surface area contributed by atoms with E-state index in [0.717, 1.165) is 32.0 Å². The van der Waals surface area contributed by atoms with Crippen LogP contribution in [0.3, 0.4) is 0 Å². The summed E-state index contributed by atoms with van der Waals surface area (Å²) in [6.07, 6.45) is 2.02. The van der Waals surface area contributed by atoms with Gasteiger partial charge < -0.3 is 4.74 Å². The summed E-state index contributed by atoms with van der Waals surface area (Å²) in [5.41, 5.74) is 3.60. The predicted molar refractivity (Wildman–Crippen MR) is 126 cm³/mol. The average molecular weight is 435 g/mol. The number of thioether (sulfide) groups is 1. The van der Waals surface area contributed by atoms with E-state index in [1.54, 1.807) is 23.8 Å². The number of hydrogen-bond donors (Lipinski definition) is 0. The van der Waals surface area contributed by atoms with Gasteiger partial charge in [0.1, 0.15) is 11.3 Å². The minimum absolute atomic E-state index is 0.0674. The van der Waals surface area contributed by atoms with Gasteiger partial charge in [-0.1, -0.05) is 47.7 Å². The number of thiazole rings is 1.